The van der Waals surface area contributed by atoms with Gasteiger partial charge in [0.15, 0.2) is 0 Å². The lowest BCUT2D eigenvalue weighted by atomic mass is 10.5. The molecule has 92 valence electrons. The van der Waals surface area contributed by atoms with Crippen LogP contribution in [0.4, 0.5) is 13.2 Å². The Morgan fingerprint density at radius 2 is 1.87 bits per heavy atom. The Bertz CT molecular complexity index is 157. The second-order valence-corrected chi connectivity index (χ2v) is 4.74. The minimum atomic E-state index is -4.22. The molecule has 3 nitrogen and oxygen atoms in total. The van der Waals surface area contributed by atoms with Crippen LogP contribution in [0, 0.1) is 0 Å². The van der Waals surface area contributed by atoms with Crippen LogP contribution in [0.25, 0.3) is 0 Å². The van der Waals surface area contributed by atoms with Crippen molar-refractivity contribution in [1.29, 1.82) is 0 Å². The highest BCUT2D eigenvalue weighted by molar-refractivity contribution is 7.91. The number of halogens is 3. The smallest absolute Gasteiger partial charge is 0.393 e. The molecule has 0 aromatic carbocycles. The quantitative estimate of drug-likeness (QED) is 0.489. The Morgan fingerprint density at radius 1 is 1.20 bits per heavy atom. The van der Waals surface area contributed by atoms with E-state index in [1.165, 1.54) is 0 Å². The average Bonchev–Trinajstić information content (AvgIpc) is 2.13. The Hall–Kier alpha value is 0.0200. The lowest BCUT2D eigenvalue weighted by Gasteiger charge is -2.12. The van der Waals surface area contributed by atoms with E-state index in [1.54, 1.807) is 0 Å². The Morgan fingerprint density at radius 3 is 2.40 bits per heavy atom. The molecule has 0 saturated heterocycles. The maximum absolute atomic E-state index is 11.7. The Balaban J connectivity index is 3.30. The molecule has 15 heavy (non-hydrogen) atoms. The SMILES string of the molecule is [O-][S+](CCCNCCO)CCC(F)(F)F. The number of aliphatic hydroxyl groups is 1. The third kappa shape index (κ3) is 11.9. The fourth-order valence-corrected chi connectivity index (χ4v) is 2.02. The van der Waals surface area contributed by atoms with Gasteiger partial charge in [-0.2, -0.15) is 13.2 Å². The summed E-state index contributed by atoms with van der Waals surface area (Å²) in [4.78, 5) is 0. The molecule has 0 radical (unpaired) electrons. The zero-order valence-corrected chi connectivity index (χ0v) is 9.16. The highest BCUT2D eigenvalue weighted by Gasteiger charge is 2.29. The summed E-state index contributed by atoms with van der Waals surface area (Å²) in [6.07, 6.45) is -4.64. The molecule has 1 atom stereocenters. The summed E-state index contributed by atoms with van der Waals surface area (Å²) in [7, 11) is 0. The first-order valence-corrected chi connectivity index (χ1v) is 6.18. The van der Waals surface area contributed by atoms with Gasteiger partial charge in [0.1, 0.15) is 11.5 Å². The van der Waals surface area contributed by atoms with Crippen molar-refractivity contribution in [3.05, 3.63) is 0 Å². The van der Waals surface area contributed by atoms with Crippen LogP contribution in [0.15, 0.2) is 0 Å². The second-order valence-electron chi connectivity index (χ2n) is 3.04. The summed E-state index contributed by atoms with van der Waals surface area (Å²) in [6, 6.07) is 0. The van der Waals surface area contributed by atoms with Crippen molar-refractivity contribution in [2.24, 2.45) is 0 Å². The van der Waals surface area contributed by atoms with Gasteiger partial charge in [-0.3, -0.25) is 0 Å². The number of hydrogen-bond donors (Lipinski definition) is 2. The summed E-state index contributed by atoms with van der Waals surface area (Å²) >= 11 is -1.39. The van der Waals surface area contributed by atoms with E-state index in [0.29, 0.717) is 19.5 Å². The van der Waals surface area contributed by atoms with E-state index >= 15 is 0 Å². The van der Waals surface area contributed by atoms with Gasteiger partial charge in [0, 0.05) is 13.0 Å². The van der Waals surface area contributed by atoms with E-state index in [1.807, 2.05) is 0 Å². The number of alkyl halides is 3. The van der Waals surface area contributed by atoms with Crippen molar-refractivity contribution >= 4 is 11.2 Å². The van der Waals surface area contributed by atoms with Crippen molar-refractivity contribution in [1.82, 2.24) is 5.32 Å². The van der Waals surface area contributed by atoms with Crippen LogP contribution in [-0.4, -0.2) is 47.0 Å². The molecule has 0 rings (SSSR count). The van der Waals surface area contributed by atoms with E-state index in [9.17, 15) is 17.7 Å². The molecule has 0 aromatic heterocycles. The predicted molar refractivity (Wildman–Crippen MR) is 53.1 cm³/mol. The third-order valence-corrected chi connectivity index (χ3v) is 3.03. The summed E-state index contributed by atoms with van der Waals surface area (Å²) in [5.41, 5.74) is 0. The Labute approximate surface area is 90.2 Å². The summed E-state index contributed by atoms with van der Waals surface area (Å²) in [5, 5.41) is 11.3. The van der Waals surface area contributed by atoms with Crippen LogP contribution < -0.4 is 5.32 Å². The van der Waals surface area contributed by atoms with Gasteiger partial charge in [-0.15, -0.1) is 0 Å². The van der Waals surface area contributed by atoms with Crippen molar-refractivity contribution in [3.8, 4) is 0 Å². The highest BCUT2D eigenvalue weighted by atomic mass is 32.2. The van der Waals surface area contributed by atoms with Crippen LogP contribution in [0.1, 0.15) is 12.8 Å². The molecule has 0 aromatic rings. The van der Waals surface area contributed by atoms with Gasteiger partial charge in [0.25, 0.3) is 0 Å². The normalized spacial score (nSPS) is 14.2. The molecule has 0 amide bonds. The molecule has 0 aliphatic rings. The molecule has 0 saturated carbocycles. The van der Waals surface area contributed by atoms with Crippen molar-refractivity contribution in [3.63, 3.8) is 0 Å². The average molecular weight is 247 g/mol. The highest BCUT2D eigenvalue weighted by Crippen LogP contribution is 2.20. The first kappa shape index (κ1) is 15.0. The van der Waals surface area contributed by atoms with Gasteiger partial charge >= 0.3 is 6.18 Å². The van der Waals surface area contributed by atoms with Gasteiger partial charge < -0.3 is 15.0 Å². The molecule has 0 heterocycles. The predicted octanol–water partition coefficient (Wildman–Crippen LogP) is 0.659. The fourth-order valence-electron chi connectivity index (χ4n) is 0.894. The number of hydrogen-bond acceptors (Lipinski definition) is 3. The lowest BCUT2D eigenvalue weighted by Crippen LogP contribution is -2.23. The summed E-state index contributed by atoms with van der Waals surface area (Å²) in [5.74, 6) is -0.0436. The Kier molecular flexibility index (Phi) is 8.22. The number of aliphatic hydroxyl groups excluding tert-OH is 1. The number of nitrogens with one attached hydrogen (secondary N) is 1. The molecule has 2 N–H and O–H groups in total. The molecule has 0 aliphatic carbocycles. The molecule has 0 spiro atoms. The standard InChI is InChI=1S/C8H16F3NO2S/c9-8(10,11)2-7-15(14)6-1-3-12-4-5-13/h12-13H,1-7H2. The third-order valence-electron chi connectivity index (χ3n) is 1.63. The minimum Gasteiger partial charge on any atom is -0.616 e. The summed E-state index contributed by atoms with van der Waals surface area (Å²) in [6.45, 7) is 1.05. The van der Waals surface area contributed by atoms with E-state index in [2.05, 4.69) is 5.32 Å². The number of rotatable bonds is 8. The van der Waals surface area contributed by atoms with Gasteiger partial charge in [-0.1, -0.05) is 11.2 Å². The first-order valence-electron chi connectivity index (χ1n) is 4.69. The van der Waals surface area contributed by atoms with Crippen LogP contribution in [0.5, 0.6) is 0 Å². The van der Waals surface area contributed by atoms with Gasteiger partial charge in [0.2, 0.25) is 0 Å². The largest absolute Gasteiger partial charge is 0.616 e. The van der Waals surface area contributed by atoms with E-state index in [0.717, 1.165) is 0 Å². The summed E-state index contributed by atoms with van der Waals surface area (Å²) < 4.78 is 46.2. The minimum absolute atomic E-state index is 0.0250. The van der Waals surface area contributed by atoms with Crippen LogP contribution >= 0.6 is 0 Å². The lowest BCUT2D eigenvalue weighted by molar-refractivity contribution is -0.129. The van der Waals surface area contributed by atoms with Crippen molar-refractivity contribution < 1.29 is 22.8 Å². The van der Waals surface area contributed by atoms with E-state index in [4.69, 9.17) is 5.11 Å². The van der Waals surface area contributed by atoms with Crippen LogP contribution in [-0.2, 0) is 11.2 Å². The van der Waals surface area contributed by atoms with Crippen LogP contribution in [0.2, 0.25) is 0 Å². The maximum Gasteiger partial charge on any atom is 0.393 e. The monoisotopic (exact) mass is 247 g/mol. The van der Waals surface area contributed by atoms with Crippen LogP contribution in [0.3, 0.4) is 0 Å². The molecular weight excluding hydrogens is 231 g/mol. The molecule has 0 bridgehead atoms. The molecule has 0 fully saturated rings. The van der Waals surface area contributed by atoms with Gasteiger partial charge in [0.05, 0.1) is 13.0 Å². The zero-order valence-electron chi connectivity index (χ0n) is 8.35. The second kappa shape index (κ2) is 8.20. The topological polar surface area (TPSA) is 55.3 Å². The molecule has 7 heteroatoms. The van der Waals surface area contributed by atoms with Gasteiger partial charge in [-0.25, -0.2) is 0 Å². The maximum atomic E-state index is 11.7. The van der Waals surface area contributed by atoms with E-state index < -0.39 is 23.8 Å². The van der Waals surface area contributed by atoms with Crippen molar-refractivity contribution in [2.45, 2.75) is 19.0 Å². The first-order chi connectivity index (χ1) is 6.95. The van der Waals surface area contributed by atoms with E-state index in [-0.39, 0.29) is 18.1 Å². The fraction of sp³-hybridized carbons (Fsp3) is 1.00. The van der Waals surface area contributed by atoms with Gasteiger partial charge in [-0.05, 0) is 6.54 Å². The van der Waals surface area contributed by atoms with Crippen molar-refractivity contribution in [2.75, 3.05) is 31.2 Å². The zero-order chi connectivity index (χ0) is 11.7. The molecule has 0 aliphatic heterocycles. The molecular formula is C8H16F3NO2S. The molecule has 1 unspecified atom stereocenters.